The van der Waals surface area contributed by atoms with Gasteiger partial charge in [0.2, 0.25) is 0 Å². The molecule has 0 fully saturated rings. The van der Waals surface area contributed by atoms with Gasteiger partial charge in [-0.3, -0.25) is 9.55 Å². The Bertz CT molecular complexity index is 1740. The van der Waals surface area contributed by atoms with Crippen molar-refractivity contribution in [2.24, 2.45) is 0 Å². The van der Waals surface area contributed by atoms with Crippen molar-refractivity contribution < 1.29 is 4.74 Å². The summed E-state index contributed by atoms with van der Waals surface area (Å²) in [5.41, 5.74) is 4.35. The molecule has 0 aliphatic carbocycles. The summed E-state index contributed by atoms with van der Waals surface area (Å²) in [7, 11) is 0. The summed E-state index contributed by atoms with van der Waals surface area (Å²) >= 11 is 0. The van der Waals surface area contributed by atoms with Gasteiger partial charge in [0.25, 0.3) is 0 Å². The standard InChI is InChI=1S/C31H23N5O/c1-2-9-29-27(8-1)28-12-11-26(21-30(28)36(29)31-10-3-4-15-33-31)37-25-7-5-6-24(20-25)35-19-18-34(22-35)23-13-16-32-17-14-23/h1-21H,22H2. The number of nitrogens with zero attached hydrogens (tertiary/aromatic N) is 5. The summed E-state index contributed by atoms with van der Waals surface area (Å²) in [6.45, 7) is 0.726. The molecule has 6 nitrogen and oxygen atoms in total. The number of rotatable bonds is 5. The van der Waals surface area contributed by atoms with Crippen LogP contribution in [0.1, 0.15) is 0 Å². The summed E-state index contributed by atoms with van der Waals surface area (Å²) in [5.74, 6) is 2.44. The van der Waals surface area contributed by atoms with E-state index in [4.69, 9.17) is 4.74 Å². The van der Waals surface area contributed by atoms with Gasteiger partial charge in [-0.15, -0.1) is 0 Å². The van der Waals surface area contributed by atoms with Gasteiger partial charge in [-0.1, -0.05) is 30.3 Å². The average Bonchev–Trinajstić information content (AvgIpc) is 3.58. The van der Waals surface area contributed by atoms with Gasteiger partial charge in [0.05, 0.1) is 17.7 Å². The van der Waals surface area contributed by atoms with E-state index in [1.807, 2.05) is 67.1 Å². The average molecular weight is 482 g/mol. The SMILES string of the molecule is C1=CN(c2cccc(Oc3ccc4c5ccccc5n(-c5ccccn5)c4c3)c2)CN1c1ccncc1. The second-order valence-corrected chi connectivity index (χ2v) is 8.90. The molecule has 0 atom stereocenters. The molecule has 1 aliphatic rings. The van der Waals surface area contributed by atoms with E-state index < -0.39 is 0 Å². The third kappa shape index (κ3) is 3.85. The predicted octanol–water partition coefficient (Wildman–Crippen LogP) is 7.12. The summed E-state index contributed by atoms with van der Waals surface area (Å²) in [6, 6.07) is 32.8. The molecule has 37 heavy (non-hydrogen) atoms. The van der Waals surface area contributed by atoms with E-state index in [-0.39, 0.29) is 0 Å². The summed E-state index contributed by atoms with van der Waals surface area (Å²) in [4.78, 5) is 13.1. The van der Waals surface area contributed by atoms with Crippen molar-refractivity contribution in [3.05, 3.63) is 128 Å². The van der Waals surface area contributed by atoms with E-state index in [9.17, 15) is 0 Å². The van der Waals surface area contributed by atoms with Crippen LogP contribution in [0.15, 0.2) is 128 Å². The molecule has 178 valence electrons. The van der Waals surface area contributed by atoms with Gasteiger partial charge in [0.1, 0.15) is 17.3 Å². The van der Waals surface area contributed by atoms with E-state index in [2.05, 4.69) is 85.3 Å². The molecule has 7 rings (SSSR count). The third-order valence-corrected chi connectivity index (χ3v) is 6.63. The van der Waals surface area contributed by atoms with Crippen LogP contribution in [0.5, 0.6) is 11.5 Å². The van der Waals surface area contributed by atoms with Gasteiger partial charge < -0.3 is 14.5 Å². The van der Waals surface area contributed by atoms with Gasteiger partial charge >= 0.3 is 0 Å². The molecule has 0 unspecified atom stereocenters. The van der Waals surface area contributed by atoms with Crippen LogP contribution >= 0.6 is 0 Å². The fourth-order valence-electron chi connectivity index (χ4n) is 4.90. The zero-order valence-corrected chi connectivity index (χ0v) is 20.0. The van der Waals surface area contributed by atoms with Crippen molar-refractivity contribution >= 4 is 33.2 Å². The quantitative estimate of drug-likeness (QED) is 0.262. The second kappa shape index (κ2) is 8.84. The number of fused-ring (bicyclic) bond motifs is 3. The Kier molecular flexibility index (Phi) is 5.07. The zero-order valence-electron chi connectivity index (χ0n) is 20.0. The minimum atomic E-state index is 0.726. The van der Waals surface area contributed by atoms with Crippen LogP contribution in [0.3, 0.4) is 0 Å². The van der Waals surface area contributed by atoms with Crippen molar-refractivity contribution in [3.63, 3.8) is 0 Å². The van der Waals surface area contributed by atoms with Crippen LogP contribution in [0, 0.1) is 0 Å². The molecule has 3 aromatic heterocycles. The fourth-order valence-corrected chi connectivity index (χ4v) is 4.90. The first-order valence-electron chi connectivity index (χ1n) is 12.2. The predicted molar refractivity (Wildman–Crippen MR) is 148 cm³/mol. The van der Waals surface area contributed by atoms with Crippen LogP contribution in [0.4, 0.5) is 11.4 Å². The van der Waals surface area contributed by atoms with E-state index in [0.717, 1.165) is 46.4 Å². The Morgan fingerprint density at radius 3 is 2.24 bits per heavy atom. The number of aromatic nitrogens is 3. The Hall–Kier alpha value is -5.10. The molecule has 0 amide bonds. The lowest BCUT2D eigenvalue weighted by Gasteiger charge is -2.21. The number of ether oxygens (including phenoxy) is 1. The minimum Gasteiger partial charge on any atom is -0.457 e. The van der Waals surface area contributed by atoms with Gasteiger partial charge in [-0.05, 0) is 54.6 Å². The van der Waals surface area contributed by atoms with E-state index in [0.29, 0.717) is 0 Å². The highest BCUT2D eigenvalue weighted by Gasteiger charge is 2.17. The van der Waals surface area contributed by atoms with Crippen LogP contribution < -0.4 is 14.5 Å². The zero-order chi connectivity index (χ0) is 24.6. The van der Waals surface area contributed by atoms with Gasteiger partial charge in [0, 0.05) is 65.3 Å². The normalized spacial score (nSPS) is 13.1. The molecule has 0 saturated heterocycles. The van der Waals surface area contributed by atoms with E-state index >= 15 is 0 Å². The maximum absolute atomic E-state index is 6.38. The topological polar surface area (TPSA) is 46.4 Å². The minimum absolute atomic E-state index is 0.726. The molecule has 6 aromatic rings. The monoisotopic (exact) mass is 481 g/mol. The summed E-state index contributed by atoms with van der Waals surface area (Å²) in [5, 5.41) is 2.36. The first-order chi connectivity index (χ1) is 18.3. The molecule has 0 spiro atoms. The fraction of sp³-hybridized carbons (Fsp3) is 0.0323. The van der Waals surface area contributed by atoms with Crippen LogP contribution in [0.25, 0.3) is 27.6 Å². The van der Waals surface area contributed by atoms with Gasteiger partial charge in [-0.25, -0.2) is 4.98 Å². The lowest BCUT2D eigenvalue weighted by atomic mass is 10.1. The molecule has 0 saturated carbocycles. The Balaban J connectivity index is 1.21. The first-order valence-corrected chi connectivity index (χ1v) is 12.2. The molecule has 0 radical (unpaired) electrons. The number of benzene rings is 3. The smallest absolute Gasteiger partial charge is 0.137 e. The lowest BCUT2D eigenvalue weighted by Crippen LogP contribution is -2.24. The molecule has 1 aliphatic heterocycles. The van der Waals surface area contributed by atoms with E-state index in [1.54, 1.807) is 0 Å². The highest BCUT2D eigenvalue weighted by molar-refractivity contribution is 6.09. The lowest BCUT2D eigenvalue weighted by molar-refractivity contribution is 0.483. The Labute approximate surface area is 214 Å². The summed E-state index contributed by atoms with van der Waals surface area (Å²) in [6.07, 6.45) is 9.60. The summed E-state index contributed by atoms with van der Waals surface area (Å²) < 4.78 is 8.57. The molecule has 0 N–H and O–H groups in total. The van der Waals surface area contributed by atoms with Crippen molar-refractivity contribution in [2.45, 2.75) is 0 Å². The largest absolute Gasteiger partial charge is 0.457 e. The highest BCUT2D eigenvalue weighted by atomic mass is 16.5. The molecule has 3 aromatic carbocycles. The first kappa shape index (κ1) is 21.2. The maximum Gasteiger partial charge on any atom is 0.137 e. The number of anilines is 2. The van der Waals surface area contributed by atoms with Crippen molar-refractivity contribution in [3.8, 4) is 17.3 Å². The maximum atomic E-state index is 6.38. The number of para-hydroxylation sites is 1. The van der Waals surface area contributed by atoms with Crippen LogP contribution in [-0.2, 0) is 0 Å². The Morgan fingerprint density at radius 1 is 0.595 bits per heavy atom. The molecular weight excluding hydrogens is 458 g/mol. The van der Waals surface area contributed by atoms with Crippen LogP contribution in [0.2, 0.25) is 0 Å². The van der Waals surface area contributed by atoms with Crippen molar-refractivity contribution in [1.82, 2.24) is 14.5 Å². The van der Waals surface area contributed by atoms with Crippen molar-refractivity contribution in [2.75, 3.05) is 16.5 Å². The van der Waals surface area contributed by atoms with Gasteiger partial charge in [0.15, 0.2) is 0 Å². The van der Waals surface area contributed by atoms with Crippen molar-refractivity contribution in [1.29, 1.82) is 0 Å². The Morgan fingerprint density at radius 2 is 1.38 bits per heavy atom. The van der Waals surface area contributed by atoms with E-state index in [1.165, 1.54) is 10.8 Å². The van der Waals surface area contributed by atoms with Crippen LogP contribution in [-0.4, -0.2) is 21.2 Å². The van der Waals surface area contributed by atoms with Gasteiger partial charge in [-0.2, -0.15) is 0 Å². The molecule has 4 heterocycles. The highest BCUT2D eigenvalue weighted by Crippen LogP contribution is 2.35. The third-order valence-electron chi connectivity index (χ3n) is 6.63. The number of hydrogen-bond donors (Lipinski definition) is 0. The molecule has 0 bridgehead atoms. The second-order valence-electron chi connectivity index (χ2n) is 8.90. The number of pyridine rings is 2. The number of hydrogen-bond acceptors (Lipinski definition) is 5. The molecule has 6 heteroatoms. The molecular formula is C31H23N5O.